The second-order valence-electron chi connectivity index (χ2n) is 4.88. The molecule has 0 aliphatic rings. The molecule has 0 aliphatic carbocycles. The van der Waals surface area contributed by atoms with E-state index in [0.29, 0.717) is 0 Å². The molecule has 4 nitrogen and oxygen atoms in total. The molecule has 0 saturated carbocycles. The summed E-state index contributed by atoms with van der Waals surface area (Å²) in [6.45, 7) is 0. The van der Waals surface area contributed by atoms with Crippen LogP contribution >= 0.6 is 0 Å². The number of aromatic amines is 2. The number of hydrogen-bond donors (Lipinski definition) is 2. The summed E-state index contributed by atoms with van der Waals surface area (Å²) in [7, 11) is 0. The van der Waals surface area contributed by atoms with E-state index in [1.165, 1.54) is 11.1 Å². The number of nitrogens with one attached hydrogen (secondary N) is 2. The molecule has 0 fully saturated rings. The zero-order valence-electron chi connectivity index (χ0n) is 13.9. The van der Waals surface area contributed by atoms with E-state index in [4.69, 9.17) is 0 Å². The molecule has 0 amide bonds. The molecule has 0 aliphatic heterocycles. The molecule has 0 spiro atoms. The third kappa shape index (κ3) is 10.3. The largest absolute Gasteiger partial charge is 2.00 e. The van der Waals surface area contributed by atoms with Gasteiger partial charge < -0.3 is 20.4 Å². The van der Waals surface area contributed by atoms with Crippen LogP contribution in [0.3, 0.4) is 0 Å². The molecule has 2 N–H and O–H groups in total. The number of H-pyrrole nitrogens is 2. The van der Waals surface area contributed by atoms with Crippen molar-refractivity contribution in [3.05, 3.63) is 109 Å². The van der Waals surface area contributed by atoms with Crippen LogP contribution in [-0.4, -0.2) is 20.4 Å². The second-order valence-corrected chi connectivity index (χ2v) is 4.88. The molecule has 0 atom stereocenters. The second kappa shape index (κ2) is 14.1. The number of benzene rings is 2. The van der Waals surface area contributed by atoms with E-state index in [0.717, 1.165) is 12.8 Å². The van der Waals surface area contributed by atoms with Gasteiger partial charge in [-0.15, -0.1) is 24.8 Å². The molecule has 124 valence electrons. The number of hydrogen-bond acceptors (Lipinski definition) is 2. The molecule has 0 bridgehead atoms. The summed E-state index contributed by atoms with van der Waals surface area (Å²) in [5, 5.41) is 12.1. The van der Waals surface area contributed by atoms with E-state index in [9.17, 15) is 0 Å². The van der Waals surface area contributed by atoms with Gasteiger partial charge in [0.25, 0.3) is 0 Å². The number of rotatable bonds is 3. The Morgan fingerprint density at radius 2 is 1.04 bits per heavy atom. The molecular formula is C20H20N4Zr. The van der Waals surface area contributed by atoms with Crippen molar-refractivity contribution in [2.45, 2.75) is 12.8 Å². The maximum Gasteiger partial charge on any atom is 2.00 e. The topological polar surface area (TPSA) is 57.4 Å². The predicted octanol–water partition coefficient (Wildman–Crippen LogP) is 3.89. The van der Waals surface area contributed by atoms with Gasteiger partial charge in [-0.3, -0.25) is 0 Å². The van der Waals surface area contributed by atoms with E-state index >= 15 is 0 Å². The standard InChI is InChI=1S/C14H14.2C3H3N2.Zr/c1-3-7-13(8-4-1)11-12-14-9-5-2-6-10-14;2*1-2-4-5-3-1;/h1-10H,11-12H2;2*1-2H,(H,4,5);/q;2*-1;+2. The zero-order chi connectivity index (χ0) is 16.7. The van der Waals surface area contributed by atoms with Crippen molar-refractivity contribution < 1.29 is 26.2 Å². The van der Waals surface area contributed by atoms with Gasteiger partial charge in [0.1, 0.15) is 0 Å². The minimum Gasteiger partial charge on any atom is -0.382 e. The van der Waals surface area contributed by atoms with E-state index in [1.807, 2.05) is 0 Å². The van der Waals surface area contributed by atoms with Crippen molar-refractivity contribution in [1.82, 2.24) is 20.4 Å². The van der Waals surface area contributed by atoms with Crippen molar-refractivity contribution >= 4 is 0 Å². The van der Waals surface area contributed by atoms with Crippen LogP contribution in [0.5, 0.6) is 0 Å². The Morgan fingerprint density at radius 3 is 1.28 bits per heavy atom. The summed E-state index contributed by atoms with van der Waals surface area (Å²) in [6.07, 6.45) is 10.8. The van der Waals surface area contributed by atoms with Crippen LogP contribution in [0.15, 0.2) is 85.2 Å². The van der Waals surface area contributed by atoms with E-state index in [2.05, 4.69) is 93.5 Å². The number of nitrogens with zero attached hydrogens (tertiary/aromatic N) is 2. The predicted molar refractivity (Wildman–Crippen MR) is 95.1 cm³/mol. The monoisotopic (exact) mass is 406 g/mol. The van der Waals surface area contributed by atoms with Crippen LogP contribution in [0.25, 0.3) is 0 Å². The summed E-state index contributed by atoms with van der Waals surface area (Å²) in [4.78, 5) is 0. The van der Waals surface area contributed by atoms with Crippen molar-refractivity contribution in [1.29, 1.82) is 0 Å². The van der Waals surface area contributed by atoms with Gasteiger partial charge in [0.15, 0.2) is 0 Å². The Labute approximate surface area is 167 Å². The summed E-state index contributed by atoms with van der Waals surface area (Å²) in [5.41, 5.74) is 2.83. The molecule has 2 aromatic carbocycles. The van der Waals surface area contributed by atoms with Crippen LogP contribution in [-0.2, 0) is 39.0 Å². The Balaban J connectivity index is 0.000000233. The van der Waals surface area contributed by atoms with Crippen LogP contribution in [0.1, 0.15) is 11.1 Å². The average Bonchev–Trinajstić information content (AvgIpc) is 3.40. The van der Waals surface area contributed by atoms with Crippen LogP contribution < -0.4 is 0 Å². The molecule has 4 aromatic rings. The van der Waals surface area contributed by atoms with Crippen molar-refractivity contribution in [2.24, 2.45) is 0 Å². The van der Waals surface area contributed by atoms with Gasteiger partial charge in [0.05, 0.1) is 0 Å². The summed E-state index contributed by atoms with van der Waals surface area (Å²) < 4.78 is 0. The first-order chi connectivity index (χ1) is 11.9. The molecule has 0 saturated heterocycles. The summed E-state index contributed by atoms with van der Waals surface area (Å²) in [6, 6.07) is 24.7. The van der Waals surface area contributed by atoms with Gasteiger partial charge in [-0.05, 0) is 24.0 Å². The minimum absolute atomic E-state index is 0. The maximum atomic E-state index is 3.47. The van der Waals surface area contributed by atoms with Gasteiger partial charge in [-0.25, -0.2) is 0 Å². The molecular weight excluding hydrogens is 387 g/mol. The minimum atomic E-state index is 0. The maximum absolute atomic E-state index is 3.47. The smallest absolute Gasteiger partial charge is 0.382 e. The Bertz CT molecular complexity index is 611. The normalized spacial score (nSPS) is 8.80. The summed E-state index contributed by atoms with van der Waals surface area (Å²) in [5.74, 6) is 0. The third-order valence-corrected chi connectivity index (χ3v) is 3.11. The first-order valence-corrected chi connectivity index (χ1v) is 7.74. The number of aromatic nitrogens is 4. The quantitative estimate of drug-likeness (QED) is 0.506. The first kappa shape index (κ1) is 20.8. The Hall–Kier alpha value is -2.26. The zero-order valence-corrected chi connectivity index (χ0v) is 16.3. The first-order valence-electron chi connectivity index (χ1n) is 7.74. The van der Waals surface area contributed by atoms with E-state index in [-0.39, 0.29) is 26.2 Å². The molecule has 2 heterocycles. The molecule has 5 heteroatoms. The molecule has 25 heavy (non-hydrogen) atoms. The third-order valence-electron chi connectivity index (χ3n) is 3.11. The van der Waals surface area contributed by atoms with Crippen molar-refractivity contribution in [2.75, 3.05) is 0 Å². The molecule has 0 unspecified atom stereocenters. The fourth-order valence-electron chi connectivity index (χ4n) is 1.95. The fourth-order valence-corrected chi connectivity index (χ4v) is 1.95. The van der Waals surface area contributed by atoms with Gasteiger partial charge in [-0.2, -0.15) is 12.1 Å². The van der Waals surface area contributed by atoms with Gasteiger partial charge in [-0.1, -0.05) is 60.7 Å². The van der Waals surface area contributed by atoms with Crippen LogP contribution in [0.2, 0.25) is 0 Å². The Kier molecular flexibility index (Phi) is 11.7. The molecule has 4 rings (SSSR count). The van der Waals surface area contributed by atoms with Gasteiger partial charge in [0.2, 0.25) is 0 Å². The summed E-state index contributed by atoms with van der Waals surface area (Å²) >= 11 is 0. The van der Waals surface area contributed by atoms with E-state index < -0.39 is 0 Å². The van der Waals surface area contributed by atoms with Crippen LogP contribution in [0.4, 0.5) is 0 Å². The molecule has 2 aromatic heterocycles. The van der Waals surface area contributed by atoms with Crippen molar-refractivity contribution in [3.63, 3.8) is 0 Å². The van der Waals surface area contributed by atoms with Crippen molar-refractivity contribution in [3.8, 4) is 0 Å². The number of aryl methyl sites for hydroxylation is 2. The fraction of sp³-hybridized carbons (Fsp3) is 0.100. The molecule has 0 radical (unpaired) electrons. The van der Waals surface area contributed by atoms with E-state index in [1.54, 1.807) is 24.5 Å². The SMILES string of the molecule is [Zr+2].[c-]1cc[nH]n1.[c-]1cc[nH]n1.c1ccc(CCc2ccccc2)cc1. The van der Waals surface area contributed by atoms with Gasteiger partial charge >= 0.3 is 26.2 Å². The average molecular weight is 408 g/mol. The Morgan fingerprint density at radius 1 is 0.640 bits per heavy atom. The van der Waals surface area contributed by atoms with Gasteiger partial charge in [0, 0.05) is 0 Å². The van der Waals surface area contributed by atoms with Crippen LogP contribution in [0, 0.1) is 12.4 Å².